The predicted octanol–water partition coefficient (Wildman–Crippen LogP) is 2.13. The normalized spacial score (nSPS) is 14.6. The quantitative estimate of drug-likeness (QED) is 0.564. The number of hydrogen-bond acceptors (Lipinski definition) is 4. The molecule has 0 radical (unpaired) electrons. The molecular formula is C22H29ClN6O. The van der Waals surface area contributed by atoms with Crippen molar-refractivity contribution < 1.29 is 4.79 Å². The number of aromatic nitrogens is 1. The van der Waals surface area contributed by atoms with Crippen LogP contribution >= 0.6 is 11.6 Å². The van der Waals surface area contributed by atoms with E-state index in [0.717, 1.165) is 50.8 Å². The molecule has 1 saturated heterocycles. The zero-order chi connectivity index (χ0) is 21.3. The number of aliphatic imine (C=N–C) groups is 1. The molecule has 0 aliphatic carbocycles. The number of nitrogens with one attached hydrogen (secondary N) is 1. The third kappa shape index (κ3) is 6.10. The Hall–Kier alpha value is -2.80. The average Bonchev–Trinajstić information content (AvgIpc) is 2.77. The van der Waals surface area contributed by atoms with Crippen LogP contribution in [0, 0.1) is 0 Å². The Morgan fingerprint density at radius 2 is 1.90 bits per heavy atom. The molecule has 2 heterocycles. The van der Waals surface area contributed by atoms with Crippen molar-refractivity contribution in [1.29, 1.82) is 0 Å². The zero-order valence-corrected chi connectivity index (χ0v) is 18.3. The predicted molar refractivity (Wildman–Crippen MR) is 122 cm³/mol. The Kier molecular flexibility index (Phi) is 7.90. The lowest BCUT2D eigenvalue weighted by atomic mass is 10.1. The van der Waals surface area contributed by atoms with Crippen LogP contribution in [0.2, 0.25) is 5.02 Å². The van der Waals surface area contributed by atoms with Crippen LogP contribution in [0.15, 0.2) is 53.8 Å². The van der Waals surface area contributed by atoms with Gasteiger partial charge < -0.3 is 20.0 Å². The van der Waals surface area contributed by atoms with Gasteiger partial charge in [-0.3, -0.25) is 9.78 Å². The summed E-state index contributed by atoms with van der Waals surface area (Å²) >= 11 is 6.30. The zero-order valence-electron chi connectivity index (χ0n) is 17.6. The van der Waals surface area contributed by atoms with Gasteiger partial charge in [-0.05, 0) is 18.1 Å². The average molecular weight is 429 g/mol. The first kappa shape index (κ1) is 21.9. The van der Waals surface area contributed by atoms with Gasteiger partial charge in [0.05, 0.1) is 10.7 Å². The number of likely N-dealkylation sites (N-methyl/N-ethyl adjacent to an activating group) is 1. The van der Waals surface area contributed by atoms with Crippen molar-refractivity contribution in [3.63, 3.8) is 0 Å². The Morgan fingerprint density at radius 3 is 2.57 bits per heavy atom. The monoisotopic (exact) mass is 428 g/mol. The highest BCUT2D eigenvalue weighted by Crippen LogP contribution is 2.25. The number of pyridine rings is 1. The SMILES string of the molecule is CN(C)C(=O)CN=C(NCCc1ccccc1)N1CCN(c2ccncc2Cl)CC1. The summed E-state index contributed by atoms with van der Waals surface area (Å²) in [5.41, 5.74) is 2.27. The van der Waals surface area contributed by atoms with Crippen molar-refractivity contribution in [2.45, 2.75) is 6.42 Å². The van der Waals surface area contributed by atoms with Gasteiger partial charge in [0.1, 0.15) is 6.54 Å². The van der Waals surface area contributed by atoms with Gasteiger partial charge in [0.15, 0.2) is 5.96 Å². The number of hydrogen-bond donors (Lipinski definition) is 1. The van der Waals surface area contributed by atoms with Crippen LogP contribution in [0.4, 0.5) is 5.69 Å². The number of nitrogens with zero attached hydrogens (tertiary/aromatic N) is 5. The van der Waals surface area contributed by atoms with Crippen molar-refractivity contribution in [2.24, 2.45) is 4.99 Å². The first-order valence-electron chi connectivity index (χ1n) is 10.2. The van der Waals surface area contributed by atoms with E-state index in [0.29, 0.717) is 5.02 Å². The Balaban J connectivity index is 1.62. The van der Waals surface area contributed by atoms with E-state index in [4.69, 9.17) is 11.6 Å². The molecule has 1 aliphatic rings. The third-order valence-corrected chi connectivity index (χ3v) is 5.36. The maximum Gasteiger partial charge on any atom is 0.243 e. The third-order valence-electron chi connectivity index (χ3n) is 5.07. The molecule has 0 saturated carbocycles. The van der Waals surface area contributed by atoms with E-state index < -0.39 is 0 Å². The Labute approximate surface area is 183 Å². The molecule has 1 amide bonds. The van der Waals surface area contributed by atoms with Crippen molar-refractivity contribution in [3.05, 3.63) is 59.4 Å². The molecule has 0 atom stereocenters. The molecular weight excluding hydrogens is 400 g/mol. The first-order chi connectivity index (χ1) is 14.5. The smallest absolute Gasteiger partial charge is 0.243 e. The fraction of sp³-hybridized carbons (Fsp3) is 0.409. The fourth-order valence-corrected chi connectivity index (χ4v) is 3.54. The Morgan fingerprint density at radius 1 is 1.17 bits per heavy atom. The molecule has 7 nitrogen and oxygen atoms in total. The largest absolute Gasteiger partial charge is 0.367 e. The lowest BCUT2D eigenvalue weighted by molar-refractivity contribution is -0.127. The molecule has 1 N–H and O–H groups in total. The molecule has 3 rings (SSSR count). The van der Waals surface area contributed by atoms with Crippen LogP contribution < -0.4 is 10.2 Å². The maximum atomic E-state index is 12.0. The van der Waals surface area contributed by atoms with Gasteiger partial charge >= 0.3 is 0 Å². The number of carbonyl (C=O) groups excluding carboxylic acids is 1. The molecule has 1 aromatic heterocycles. The van der Waals surface area contributed by atoms with Gasteiger partial charge in [0.2, 0.25) is 5.91 Å². The summed E-state index contributed by atoms with van der Waals surface area (Å²) in [6, 6.07) is 12.3. The Bertz CT molecular complexity index is 850. The lowest BCUT2D eigenvalue weighted by Crippen LogP contribution is -2.53. The minimum atomic E-state index is -0.0143. The molecule has 30 heavy (non-hydrogen) atoms. The topological polar surface area (TPSA) is 64.1 Å². The summed E-state index contributed by atoms with van der Waals surface area (Å²) in [5.74, 6) is 0.765. The number of carbonyl (C=O) groups is 1. The number of piperazine rings is 1. The second kappa shape index (κ2) is 10.8. The second-order valence-corrected chi connectivity index (χ2v) is 7.80. The molecule has 0 unspecified atom stereocenters. The van der Waals surface area contributed by atoms with Crippen LogP contribution in [0.3, 0.4) is 0 Å². The molecule has 1 aliphatic heterocycles. The number of guanidine groups is 1. The highest BCUT2D eigenvalue weighted by Gasteiger charge is 2.21. The number of anilines is 1. The standard InChI is InChI=1S/C22H29ClN6O/c1-27(2)21(30)17-26-22(25-11-8-18-6-4-3-5-7-18)29-14-12-28(13-15-29)20-9-10-24-16-19(20)23/h3-7,9-10,16H,8,11-15,17H2,1-2H3,(H,25,26). The molecule has 0 spiro atoms. The second-order valence-electron chi connectivity index (χ2n) is 7.39. The summed E-state index contributed by atoms with van der Waals surface area (Å²) < 4.78 is 0. The summed E-state index contributed by atoms with van der Waals surface area (Å²) in [5, 5.41) is 4.11. The number of amides is 1. The summed E-state index contributed by atoms with van der Waals surface area (Å²) in [6.07, 6.45) is 4.33. The van der Waals surface area contributed by atoms with Gasteiger partial charge in [0.25, 0.3) is 0 Å². The highest BCUT2D eigenvalue weighted by molar-refractivity contribution is 6.33. The van der Waals surface area contributed by atoms with Crippen LogP contribution in [0.1, 0.15) is 5.56 Å². The van der Waals surface area contributed by atoms with Gasteiger partial charge in [-0.15, -0.1) is 0 Å². The van der Waals surface area contributed by atoms with E-state index in [1.807, 2.05) is 24.3 Å². The number of rotatable bonds is 6. The van der Waals surface area contributed by atoms with Crippen molar-refractivity contribution in [1.82, 2.24) is 20.1 Å². The maximum absolute atomic E-state index is 12.0. The van der Waals surface area contributed by atoms with E-state index in [1.54, 1.807) is 31.4 Å². The van der Waals surface area contributed by atoms with Crippen molar-refractivity contribution >= 4 is 29.2 Å². The summed E-state index contributed by atoms with van der Waals surface area (Å²) in [4.78, 5) is 26.7. The molecule has 8 heteroatoms. The minimum Gasteiger partial charge on any atom is -0.367 e. The minimum absolute atomic E-state index is 0.0143. The van der Waals surface area contributed by atoms with Crippen molar-refractivity contribution in [3.8, 4) is 0 Å². The van der Waals surface area contributed by atoms with Gasteiger partial charge in [-0.1, -0.05) is 41.9 Å². The number of benzene rings is 1. The van der Waals surface area contributed by atoms with Crippen molar-refractivity contribution in [2.75, 3.05) is 58.3 Å². The van der Waals surface area contributed by atoms with Gasteiger partial charge in [0, 0.05) is 59.2 Å². The van der Waals surface area contributed by atoms with E-state index in [9.17, 15) is 4.79 Å². The molecule has 1 aromatic carbocycles. The van der Waals surface area contributed by atoms with E-state index >= 15 is 0 Å². The van der Waals surface area contributed by atoms with Crippen LogP contribution in [0.25, 0.3) is 0 Å². The van der Waals surface area contributed by atoms with E-state index in [1.165, 1.54) is 5.56 Å². The summed E-state index contributed by atoms with van der Waals surface area (Å²) in [7, 11) is 3.50. The van der Waals surface area contributed by atoms with Gasteiger partial charge in [-0.25, -0.2) is 4.99 Å². The summed E-state index contributed by atoms with van der Waals surface area (Å²) in [6.45, 7) is 4.14. The van der Waals surface area contributed by atoms with Gasteiger partial charge in [-0.2, -0.15) is 0 Å². The molecule has 1 fully saturated rings. The molecule has 0 bridgehead atoms. The van der Waals surface area contributed by atoms with E-state index in [-0.39, 0.29) is 12.5 Å². The number of halogens is 1. The molecule has 160 valence electrons. The van der Waals surface area contributed by atoms with Crippen LogP contribution in [-0.4, -0.2) is 80.0 Å². The first-order valence-corrected chi connectivity index (χ1v) is 10.5. The van der Waals surface area contributed by atoms with Crippen LogP contribution in [-0.2, 0) is 11.2 Å². The van der Waals surface area contributed by atoms with E-state index in [2.05, 4.69) is 37.2 Å². The fourth-order valence-electron chi connectivity index (χ4n) is 3.30. The molecule has 2 aromatic rings. The lowest BCUT2D eigenvalue weighted by Gasteiger charge is -2.38. The van der Waals surface area contributed by atoms with Crippen LogP contribution in [0.5, 0.6) is 0 Å². The highest BCUT2D eigenvalue weighted by atomic mass is 35.5.